The van der Waals surface area contributed by atoms with Crippen molar-refractivity contribution in [3.8, 4) is 5.75 Å². The second-order valence-electron chi connectivity index (χ2n) is 4.23. The van der Waals surface area contributed by atoms with E-state index in [2.05, 4.69) is 0 Å². The van der Waals surface area contributed by atoms with Gasteiger partial charge in [-0.05, 0) is 37.1 Å². The zero-order valence-electron chi connectivity index (χ0n) is 10.6. The lowest BCUT2D eigenvalue weighted by Crippen LogP contribution is -2.17. The molecule has 0 fully saturated rings. The normalized spacial score (nSPS) is 11.4. The molecule has 1 aromatic rings. The summed E-state index contributed by atoms with van der Waals surface area (Å²) in [6.45, 7) is 3.24. The van der Waals surface area contributed by atoms with Crippen molar-refractivity contribution in [3.05, 3.63) is 28.8 Å². The largest absolute Gasteiger partial charge is 0.496 e. The maximum atomic E-state index is 13.9. The highest BCUT2D eigenvalue weighted by molar-refractivity contribution is 5.66. The van der Waals surface area contributed by atoms with Crippen molar-refractivity contribution in [2.24, 2.45) is 0 Å². The van der Waals surface area contributed by atoms with Crippen LogP contribution in [0.5, 0.6) is 5.75 Å². The maximum Gasteiger partial charge on any atom is 0.303 e. The van der Waals surface area contributed by atoms with Gasteiger partial charge in [-0.3, -0.25) is 4.79 Å². The van der Waals surface area contributed by atoms with Crippen molar-refractivity contribution in [2.75, 3.05) is 7.11 Å². The quantitative estimate of drug-likeness (QED) is 0.881. The summed E-state index contributed by atoms with van der Waals surface area (Å²) in [6, 6.07) is 2.90. The van der Waals surface area contributed by atoms with Gasteiger partial charge in [-0.25, -0.2) is 8.78 Å². The molecule has 0 bridgehead atoms. The second-order valence-corrected chi connectivity index (χ2v) is 4.23. The summed E-state index contributed by atoms with van der Waals surface area (Å²) in [5.41, 5.74) is 0.864. The van der Waals surface area contributed by atoms with Crippen molar-refractivity contribution in [2.45, 2.75) is 32.6 Å². The number of carboxylic acids is 1. The Morgan fingerprint density at radius 1 is 1.33 bits per heavy atom. The summed E-state index contributed by atoms with van der Waals surface area (Å²) < 4.78 is 32.8. The maximum absolute atomic E-state index is 13.9. The van der Waals surface area contributed by atoms with Crippen LogP contribution < -0.4 is 4.74 Å². The third kappa shape index (κ3) is 3.18. The number of methoxy groups -OCH3 is 1. The number of alkyl halides is 2. The van der Waals surface area contributed by atoms with Crippen LogP contribution in [-0.2, 0) is 10.7 Å². The van der Waals surface area contributed by atoms with E-state index < -0.39 is 24.7 Å². The Kier molecular flexibility index (Phi) is 4.27. The summed E-state index contributed by atoms with van der Waals surface area (Å²) in [5, 5.41) is 8.48. The van der Waals surface area contributed by atoms with Gasteiger partial charge in [-0.1, -0.05) is 0 Å². The molecule has 0 radical (unpaired) electrons. The van der Waals surface area contributed by atoms with Crippen molar-refractivity contribution >= 4 is 5.97 Å². The predicted octanol–water partition coefficient (Wildman–Crippen LogP) is 3.27. The van der Waals surface area contributed by atoms with E-state index in [1.807, 2.05) is 0 Å². The summed E-state index contributed by atoms with van der Waals surface area (Å²) in [6.07, 6.45) is -1.26. The summed E-state index contributed by atoms with van der Waals surface area (Å²) in [7, 11) is 1.48. The van der Waals surface area contributed by atoms with Crippen LogP contribution in [0.25, 0.3) is 0 Å². The number of aliphatic carboxylic acids is 1. The highest BCUT2D eigenvalue weighted by Gasteiger charge is 2.34. The molecular weight excluding hydrogens is 242 g/mol. The summed E-state index contributed by atoms with van der Waals surface area (Å²) in [5.74, 6) is -3.82. The molecule has 1 rings (SSSR count). The number of hydrogen-bond acceptors (Lipinski definition) is 2. The van der Waals surface area contributed by atoms with E-state index in [0.717, 1.165) is 0 Å². The molecule has 0 heterocycles. The molecule has 0 aliphatic heterocycles. The first kappa shape index (κ1) is 14.4. The molecule has 0 saturated carbocycles. The number of carbonyl (C=O) groups is 1. The third-order valence-corrected chi connectivity index (χ3v) is 2.79. The molecule has 0 atom stereocenters. The van der Waals surface area contributed by atoms with E-state index in [1.54, 1.807) is 19.9 Å². The van der Waals surface area contributed by atoms with Crippen LogP contribution in [0, 0.1) is 13.8 Å². The minimum atomic E-state index is -3.14. The van der Waals surface area contributed by atoms with Gasteiger partial charge in [0.2, 0.25) is 0 Å². The van der Waals surface area contributed by atoms with Crippen LogP contribution in [-0.4, -0.2) is 18.2 Å². The topological polar surface area (TPSA) is 46.5 Å². The van der Waals surface area contributed by atoms with Gasteiger partial charge >= 0.3 is 5.97 Å². The SMILES string of the molecule is COc1cc(C)c(C(F)(F)CCC(=O)O)cc1C. The number of carboxylic acid groups (broad SMARTS) is 1. The molecular formula is C13H16F2O3. The molecule has 0 aromatic heterocycles. The molecule has 0 amide bonds. The zero-order valence-corrected chi connectivity index (χ0v) is 10.6. The predicted molar refractivity (Wildman–Crippen MR) is 63.2 cm³/mol. The first-order valence-corrected chi connectivity index (χ1v) is 5.53. The summed E-state index contributed by atoms with van der Waals surface area (Å²) >= 11 is 0. The lowest BCUT2D eigenvalue weighted by molar-refractivity contribution is -0.139. The fourth-order valence-electron chi connectivity index (χ4n) is 1.80. The van der Waals surface area contributed by atoms with Crippen LogP contribution in [0.3, 0.4) is 0 Å². The zero-order chi connectivity index (χ0) is 13.9. The van der Waals surface area contributed by atoms with E-state index in [0.29, 0.717) is 16.9 Å². The van der Waals surface area contributed by atoms with Crippen LogP contribution in [0.4, 0.5) is 8.78 Å². The van der Waals surface area contributed by atoms with Crippen LogP contribution in [0.15, 0.2) is 12.1 Å². The number of ether oxygens (including phenoxy) is 1. The average Bonchev–Trinajstić information content (AvgIpc) is 2.29. The van der Waals surface area contributed by atoms with Crippen molar-refractivity contribution in [1.82, 2.24) is 0 Å². The van der Waals surface area contributed by atoms with Crippen LogP contribution >= 0.6 is 0 Å². The minimum Gasteiger partial charge on any atom is -0.496 e. The van der Waals surface area contributed by atoms with Gasteiger partial charge in [0.15, 0.2) is 0 Å². The van der Waals surface area contributed by atoms with E-state index in [1.165, 1.54) is 13.2 Å². The number of hydrogen-bond donors (Lipinski definition) is 1. The lowest BCUT2D eigenvalue weighted by Gasteiger charge is -2.20. The molecule has 0 aliphatic rings. The van der Waals surface area contributed by atoms with Crippen LogP contribution in [0.2, 0.25) is 0 Å². The van der Waals surface area contributed by atoms with Gasteiger partial charge in [0, 0.05) is 12.0 Å². The minimum absolute atomic E-state index is 0.137. The van der Waals surface area contributed by atoms with Gasteiger partial charge in [0.05, 0.1) is 13.5 Å². The second kappa shape index (κ2) is 5.33. The lowest BCUT2D eigenvalue weighted by atomic mass is 9.96. The molecule has 18 heavy (non-hydrogen) atoms. The van der Waals surface area contributed by atoms with Gasteiger partial charge in [-0.2, -0.15) is 0 Å². The van der Waals surface area contributed by atoms with Gasteiger partial charge in [0.25, 0.3) is 5.92 Å². The van der Waals surface area contributed by atoms with E-state index in [-0.39, 0.29) is 5.56 Å². The number of halogens is 2. The average molecular weight is 258 g/mol. The fraction of sp³-hybridized carbons (Fsp3) is 0.462. The Bertz CT molecular complexity index is 456. The Morgan fingerprint density at radius 3 is 2.44 bits per heavy atom. The molecule has 1 aromatic carbocycles. The van der Waals surface area contributed by atoms with Gasteiger partial charge in [0.1, 0.15) is 5.75 Å². The molecule has 0 unspecified atom stereocenters. The molecule has 5 heteroatoms. The molecule has 3 nitrogen and oxygen atoms in total. The molecule has 100 valence electrons. The van der Waals surface area contributed by atoms with Crippen LogP contribution in [0.1, 0.15) is 29.5 Å². The van der Waals surface area contributed by atoms with E-state index in [9.17, 15) is 13.6 Å². The monoisotopic (exact) mass is 258 g/mol. The van der Waals surface area contributed by atoms with Gasteiger partial charge in [-0.15, -0.1) is 0 Å². The van der Waals surface area contributed by atoms with Crippen molar-refractivity contribution in [1.29, 1.82) is 0 Å². The van der Waals surface area contributed by atoms with E-state index in [4.69, 9.17) is 9.84 Å². The number of rotatable bonds is 5. The van der Waals surface area contributed by atoms with E-state index >= 15 is 0 Å². The summed E-state index contributed by atoms with van der Waals surface area (Å²) in [4.78, 5) is 10.4. The number of benzene rings is 1. The van der Waals surface area contributed by atoms with Crippen molar-refractivity contribution in [3.63, 3.8) is 0 Å². The molecule has 0 aliphatic carbocycles. The molecule has 1 N–H and O–H groups in total. The first-order valence-electron chi connectivity index (χ1n) is 5.53. The molecule has 0 spiro atoms. The first-order chi connectivity index (χ1) is 8.27. The third-order valence-electron chi connectivity index (χ3n) is 2.79. The Balaban J connectivity index is 3.08. The highest BCUT2D eigenvalue weighted by Crippen LogP contribution is 2.37. The Labute approximate surface area is 104 Å². The Hall–Kier alpha value is -1.65. The Morgan fingerprint density at radius 2 is 1.94 bits per heavy atom. The number of aryl methyl sites for hydroxylation is 2. The van der Waals surface area contributed by atoms with Crippen molar-refractivity contribution < 1.29 is 23.4 Å². The van der Waals surface area contributed by atoms with Gasteiger partial charge < -0.3 is 9.84 Å². The highest BCUT2D eigenvalue weighted by atomic mass is 19.3. The molecule has 0 saturated heterocycles. The smallest absolute Gasteiger partial charge is 0.303 e. The fourth-order valence-corrected chi connectivity index (χ4v) is 1.80. The standard InChI is InChI=1S/C13H16F2O3/c1-8-7-11(18-3)9(2)6-10(8)13(14,15)5-4-12(16)17/h6-7H,4-5H2,1-3H3,(H,16,17).